The van der Waals surface area contributed by atoms with Gasteiger partial charge in [-0.2, -0.15) is 0 Å². The molecule has 1 unspecified atom stereocenters. The van der Waals surface area contributed by atoms with Gasteiger partial charge in [0.25, 0.3) is 0 Å². The first-order valence-electron chi connectivity index (χ1n) is 7.11. The monoisotopic (exact) mass is 368 g/mol. The lowest BCUT2D eigenvalue weighted by molar-refractivity contribution is 0.412. The van der Waals surface area contributed by atoms with Crippen molar-refractivity contribution in [2.75, 3.05) is 13.7 Å². The van der Waals surface area contributed by atoms with Gasteiger partial charge in [-0.15, -0.1) is 11.3 Å². The number of methoxy groups -OCH3 is 1. The molecule has 0 saturated carbocycles. The van der Waals surface area contributed by atoms with Crippen molar-refractivity contribution in [3.05, 3.63) is 44.3 Å². The summed E-state index contributed by atoms with van der Waals surface area (Å²) < 4.78 is 6.46. The number of thiazole rings is 1. The number of aryl methyl sites for hydroxylation is 1. The molecule has 1 atom stereocenters. The third-order valence-electron chi connectivity index (χ3n) is 3.26. The molecule has 0 aliphatic heterocycles. The molecule has 0 amide bonds. The van der Waals surface area contributed by atoms with Gasteiger partial charge in [0.2, 0.25) is 0 Å². The summed E-state index contributed by atoms with van der Waals surface area (Å²) in [6, 6.07) is 6.34. The molecule has 0 fully saturated rings. The highest BCUT2D eigenvalue weighted by Gasteiger charge is 2.17. The Morgan fingerprint density at radius 3 is 2.86 bits per heavy atom. The van der Waals surface area contributed by atoms with Gasteiger partial charge in [0.05, 0.1) is 12.1 Å². The molecule has 21 heavy (non-hydrogen) atoms. The number of aromatic nitrogens is 1. The van der Waals surface area contributed by atoms with Gasteiger partial charge in [0.1, 0.15) is 5.75 Å². The molecule has 1 aromatic carbocycles. The number of halogens is 1. The fourth-order valence-electron chi connectivity index (χ4n) is 2.20. The lowest BCUT2D eigenvalue weighted by atomic mass is 10.0. The average Bonchev–Trinajstić information content (AvgIpc) is 2.89. The minimum atomic E-state index is 0.236. The van der Waals surface area contributed by atoms with Crippen molar-refractivity contribution in [2.24, 2.45) is 0 Å². The van der Waals surface area contributed by atoms with Crippen molar-refractivity contribution in [1.82, 2.24) is 10.3 Å². The maximum Gasteiger partial charge on any atom is 0.119 e. The molecule has 1 aromatic heterocycles. The lowest BCUT2D eigenvalue weighted by Gasteiger charge is -2.20. The second kappa shape index (κ2) is 7.92. The third kappa shape index (κ3) is 4.53. The molecule has 0 aliphatic carbocycles. The highest BCUT2D eigenvalue weighted by molar-refractivity contribution is 9.10. The summed E-state index contributed by atoms with van der Waals surface area (Å²) in [5.41, 5.74) is 2.31. The predicted molar refractivity (Wildman–Crippen MR) is 92.3 cm³/mol. The second-order valence-electron chi connectivity index (χ2n) is 4.98. The highest BCUT2D eigenvalue weighted by Crippen LogP contribution is 2.30. The van der Waals surface area contributed by atoms with Crippen LogP contribution in [0.3, 0.4) is 0 Å². The van der Waals surface area contributed by atoms with E-state index >= 15 is 0 Å². The Morgan fingerprint density at radius 2 is 2.24 bits per heavy atom. The van der Waals surface area contributed by atoms with Crippen LogP contribution in [0.25, 0.3) is 0 Å². The zero-order valence-electron chi connectivity index (χ0n) is 12.6. The van der Waals surface area contributed by atoms with Crippen molar-refractivity contribution in [3.63, 3.8) is 0 Å². The van der Waals surface area contributed by atoms with Crippen molar-refractivity contribution in [3.8, 4) is 5.75 Å². The van der Waals surface area contributed by atoms with Gasteiger partial charge in [-0.3, -0.25) is 0 Å². The summed E-state index contributed by atoms with van der Waals surface area (Å²) in [4.78, 5) is 4.59. The molecule has 1 N–H and O–H groups in total. The molecule has 0 aliphatic rings. The number of nitrogens with one attached hydrogen (secondary N) is 1. The molecule has 1 heterocycles. The van der Waals surface area contributed by atoms with Crippen LogP contribution in [0.1, 0.15) is 35.7 Å². The van der Waals surface area contributed by atoms with E-state index in [4.69, 9.17) is 4.74 Å². The smallest absolute Gasteiger partial charge is 0.119 e. The predicted octanol–water partition coefficient (Wildman–Crippen LogP) is 4.51. The Balaban J connectivity index is 2.26. The number of ether oxygens (including phenoxy) is 1. The Morgan fingerprint density at radius 1 is 1.43 bits per heavy atom. The summed E-state index contributed by atoms with van der Waals surface area (Å²) in [7, 11) is 1.70. The van der Waals surface area contributed by atoms with Gasteiger partial charge >= 0.3 is 0 Å². The molecule has 0 radical (unpaired) electrons. The van der Waals surface area contributed by atoms with Crippen LogP contribution in [0.2, 0.25) is 0 Å². The molecule has 3 nitrogen and oxygen atoms in total. The first-order valence-corrected chi connectivity index (χ1v) is 8.79. The molecule has 2 aromatic rings. The molecule has 114 valence electrons. The summed E-state index contributed by atoms with van der Waals surface area (Å²) in [5, 5.41) is 6.88. The topological polar surface area (TPSA) is 34.2 Å². The highest BCUT2D eigenvalue weighted by atomic mass is 79.9. The average molecular weight is 369 g/mol. The Bertz CT molecular complexity index is 585. The summed E-state index contributed by atoms with van der Waals surface area (Å²) in [5.74, 6) is 0.881. The van der Waals surface area contributed by atoms with Crippen LogP contribution < -0.4 is 10.1 Å². The Kier molecular flexibility index (Phi) is 6.21. The van der Waals surface area contributed by atoms with Crippen molar-refractivity contribution < 1.29 is 4.74 Å². The van der Waals surface area contributed by atoms with Gasteiger partial charge < -0.3 is 10.1 Å². The SMILES string of the molecule is CCCNC(Cc1nc(C)cs1)c1cc(OC)ccc1Br. The minimum Gasteiger partial charge on any atom is -0.497 e. The van der Waals surface area contributed by atoms with Gasteiger partial charge in [-0.05, 0) is 43.7 Å². The fraction of sp³-hybridized carbons (Fsp3) is 0.438. The normalized spacial score (nSPS) is 12.4. The van der Waals surface area contributed by atoms with Crippen LogP contribution in [-0.4, -0.2) is 18.6 Å². The molecule has 0 saturated heterocycles. The van der Waals surface area contributed by atoms with Crippen LogP contribution >= 0.6 is 27.3 Å². The van der Waals surface area contributed by atoms with Gasteiger partial charge in [0, 0.05) is 28.0 Å². The fourth-order valence-corrected chi connectivity index (χ4v) is 3.54. The Labute approximate surface area is 138 Å². The number of hydrogen-bond donors (Lipinski definition) is 1. The maximum absolute atomic E-state index is 5.36. The zero-order valence-corrected chi connectivity index (χ0v) is 15.1. The minimum absolute atomic E-state index is 0.236. The lowest BCUT2D eigenvalue weighted by Crippen LogP contribution is -2.24. The third-order valence-corrected chi connectivity index (χ3v) is 4.98. The number of benzene rings is 1. The second-order valence-corrected chi connectivity index (χ2v) is 6.78. The molecule has 5 heteroatoms. The quantitative estimate of drug-likeness (QED) is 0.780. The van der Waals surface area contributed by atoms with E-state index in [0.717, 1.165) is 40.3 Å². The van der Waals surface area contributed by atoms with Crippen molar-refractivity contribution in [1.29, 1.82) is 0 Å². The van der Waals surface area contributed by atoms with E-state index < -0.39 is 0 Å². The van der Waals surface area contributed by atoms with Crippen LogP contribution in [0.4, 0.5) is 0 Å². The molecule has 0 spiro atoms. The van der Waals surface area contributed by atoms with E-state index in [1.54, 1.807) is 18.4 Å². The Hall–Kier alpha value is -0.910. The first kappa shape index (κ1) is 16.5. The van der Waals surface area contributed by atoms with Gasteiger partial charge in [-0.1, -0.05) is 22.9 Å². The summed E-state index contributed by atoms with van der Waals surface area (Å²) in [6.45, 7) is 5.20. The largest absolute Gasteiger partial charge is 0.497 e. The van der Waals surface area contributed by atoms with E-state index in [0.29, 0.717) is 0 Å². The maximum atomic E-state index is 5.36. The van der Waals surface area contributed by atoms with Crippen LogP contribution in [0.15, 0.2) is 28.1 Å². The number of hydrogen-bond acceptors (Lipinski definition) is 4. The molecular formula is C16H21BrN2OS. The number of nitrogens with zero attached hydrogens (tertiary/aromatic N) is 1. The van der Waals surface area contributed by atoms with E-state index in [1.807, 2.05) is 19.1 Å². The first-order chi connectivity index (χ1) is 10.1. The van der Waals surface area contributed by atoms with Crippen molar-refractivity contribution in [2.45, 2.75) is 32.7 Å². The zero-order chi connectivity index (χ0) is 15.2. The van der Waals surface area contributed by atoms with Crippen molar-refractivity contribution >= 4 is 27.3 Å². The molecular weight excluding hydrogens is 348 g/mol. The van der Waals surface area contributed by atoms with Gasteiger partial charge in [-0.25, -0.2) is 4.98 Å². The summed E-state index contributed by atoms with van der Waals surface area (Å²) in [6.07, 6.45) is 2.00. The molecule has 0 bridgehead atoms. The van der Waals surface area contributed by atoms with E-state index in [9.17, 15) is 0 Å². The standard InChI is InChI=1S/C16H21BrN2OS/c1-4-7-18-15(9-16-19-11(2)10-21-16)13-8-12(20-3)5-6-14(13)17/h5-6,8,10,15,18H,4,7,9H2,1-3H3. The summed E-state index contributed by atoms with van der Waals surface area (Å²) >= 11 is 5.38. The van der Waals surface area contributed by atoms with Gasteiger partial charge in [0.15, 0.2) is 0 Å². The van der Waals surface area contributed by atoms with E-state index in [-0.39, 0.29) is 6.04 Å². The van der Waals surface area contributed by atoms with Crippen LogP contribution in [0.5, 0.6) is 5.75 Å². The number of rotatable bonds is 7. The van der Waals surface area contributed by atoms with Crippen LogP contribution in [-0.2, 0) is 6.42 Å². The molecule has 2 rings (SSSR count). The van der Waals surface area contributed by atoms with Crippen LogP contribution in [0, 0.1) is 6.92 Å². The van der Waals surface area contributed by atoms with E-state index in [2.05, 4.69) is 44.6 Å². The van der Waals surface area contributed by atoms with E-state index in [1.165, 1.54) is 5.56 Å².